The van der Waals surface area contributed by atoms with Gasteiger partial charge in [-0.3, -0.25) is 0 Å². The first-order valence-corrected chi connectivity index (χ1v) is 9.12. The summed E-state index contributed by atoms with van der Waals surface area (Å²) in [6.45, 7) is 8.82. The second-order valence-corrected chi connectivity index (χ2v) is 8.54. The number of alkyl halides is 1. The molecule has 0 bridgehead atoms. The van der Waals surface area contributed by atoms with E-state index in [4.69, 9.17) is 9.84 Å². The Morgan fingerprint density at radius 2 is 1.77 bits per heavy atom. The predicted molar refractivity (Wildman–Crippen MR) is 97.6 cm³/mol. The number of halogens is 1. The number of aliphatic carboxylic acids is 1. The third kappa shape index (κ3) is 3.76. The number of benzene rings is 1. The van der Waals surface area contributed by atoms with Crippen LogP contribution in [0.25, 0.3) is 0 Å². The van der Waals surface area contributed by atoms with Gasteiger partial charge in [0.2, 0.25) is 0 Å². The van der Waals surface area contributed by atoms with Crippen LogP contribution in [-0.2, 0) is 19.7 Å². The third-order valence-corrected chi connectivity index (χ3v) is 5.94. The van der Waals surface area contributed by atoms with Crippen LogP contribution in [0.4, 0.5) is 4.39 Å². The van der Waals surface area contributed by atoms with Crippen molar-refractivity contribution in [3.05, 3.63) is 35.9 Å². The molecule has 0 aromatic heterocycles. The molecule has 1 aromatic rings. The lowest BCUT2D eigenvalue weighted by Crippen LogP contribution is -2.54. The Balaban J connectivity index is 2.38. The molecule has 1 N–H and O–H groups in total. The number of hydrogen-bond donors (Lipinski definition) is 1. The van der Waals surface area contributed by atoms with Gasteiger partial charge in [-0.2, -0.15) is 0 Å². The number of carbonyl (C=O) groups is 2. The van der Waals surface area contributed by atoms with Gasteiger partial charge in [0.05, 0.1) is 0 Å². The number of carboxylic acid groups (broad SMARTS) is 1. The summed E-state index contributed by atoms with van der Waals surface area (Å²) in [4.78, 5) is 23.4. The van der Waals surface area contributed by atoms with Crippen LogP contribution in [0.3, 0.4) is 0 Å². The van der Waals surface area contributed by atoms with Crippen LogP contribution >= 0.6 is 0 Å². The van der Waals surface area contributed by atoms with Crippen molar-refractivity contribution in [2.75, 3.05) is 0 Å². The molecule has 1 unspecified atom stereocenters. The Kier molecular flexibility index (Phi) is 5.50. The first-order chi connectivity index (χ1) is 11.9. The highest BCUT2D eigenvalue weighted by Crippen LogP contribution is 2.49. The number of carboxylic acids is 1. The summed E-state index contributed by atoms with van der Waals surface area (Å²) in [6.07, 6.45) is 2.39. The van der Waals surface area contributed by atoms with Crippen molar-refractivity contribution in [3.8, 4) is 0 Å². The minimum absolute atomic E-state index is 0.0536. The summed E-state index contributed by atoms with van der Waals surface area (Å²) < 4.78 is 19.9. The fraction of sp³-hybridized carbons (Fsp3) is 0.619. The Labute approximate surface area is 154 Å². The molecule has 0 saturated heterocycles. The van der Waals surface area contributed by atoms with Gasteiger partial charge >= 0.3 is 11.9 Å². The lowest BCUT2D eigenvalue weighted by molar-refractivity contribution is -0.191. The fourth-order valence-electron chi connectivity index (χ4n) is 4.39. The van der Waals surface area contributed by atoms with Gasteiger partial charge in [-0.05, 0) is 43.6 Å². The largest absolute Gasteiger partial charge is 0.478 e. The molecule has 1 aliphatic carbocycles. The first kappa shape index (κ1) is 20.4. The monoisotopic (exact) mass is 364 g/mol. The maximum absolute atomic E-state index is 14.3. The van der Waals surface area contributed by atoms with E-state index in [1.807, 2.05) is 37.3 Å². The standard InChI is InChI=1S/C21H29FO4/c1-14-11-12-16(19(2,3)15-9-7-6-8-10-15)20(4,13-14)26-18(25)21(5,22)17(23)24/h6-10,14,16H,11-13H2,1-5H3,(H,23,24)/t14-,16+,20-,21?/m1/s1. The van der Waals surface area contributed by atoms with E-state index in [1.54, 1.807) is 0 Å². The zero-order valence-electron chi connectivity index (χ0n) is 16.2. The van der Waals surface area contributed by atoms with Crippen LogP contribution in [-0.4, -0.2) is 28.3 Å². The normalized spacial score (nSPS) is 28.8. The quantitative estimate of drug-likeness (QED) is 0.616. The van der Waals surface area contributed by atoms with Crippen LogP contribution < -0.4 is 0 Å². The second-order valence-electron chi connectivity index (χ2n) is 8.54. The van der Waals surface area contributed by atoms with Crippen molar-refractivity contribution in [1.29, 1.82) is 0 Å². The molecular formula is C21H29FO4. The number of hydrogen-bond acceptors (Lipinski definition) is 3. The van der Waals surface area contributed by atoms with Crippen LogP contribution in [0.2, 0.25) is 0 Å². The van der Waals surface area contributed by atoms with Crippen molar-refractivity contribution in [3.63, 3.8) is 0 Å². The Hall–Kier alpha value is -1.91. The lowest BCUT2D eigenvalue weighted by atomic mass is 9.59. The van der Waals surface area contributed by atoms with E-state index in [0.29, 0.717) is 12.3 Å². The van der Waals surface area contributed by atoms with E-state index in [9.17, 15) is 14.0 Å². The summed E-state index contributed by atoms with van der Waals surface area (Å²) in [6, 6.07) is 9.96. The highest BCUT2D eigenvalue weighted by atomic mass is 19.1. The molecule has 0 amide bonds. The number of esters is 1. The van der Waals surface area contributed by atoms with Gasteiger partial charge in [0.1, 0.15) is 5.60 Å². The van der Waals surface area contributed by atoms with Gasteiger partial charge in [-0.25, -0.2) is 14.0 Å². The van der Waals surface area contributed by atoms with E-state index in [1.165, 1.54) is 0 Å². The maximum Gasteiger partial charge on any atom is 0.356 e. The van der Waals surface area contributed by atoms with Crippen molar-refractivity contribution in [1.82, 2.24) is 0 Å². The van der Waals surface area contributed by atoms with Crippen LogP contribution in [0.5, 0.6) is 0 Å². The zero-order chi connectivity index (χ0) is 19.8. The predicted octanol–water partition coefficient (Wildman–Crippen LogP) is 4.52. The fourth-order valence-corrected chi connectivity index (χ4v) is 4.39. The summed E-state index contributed by atoms with van der Waals surface area (Å²) in [7, 11) is 0. The lowest BCUT2D eigenvalue weighted by Gasteiger charge is -2.50. The first-order valence-electron chi connectivity index (χ1n) is 9.12. The van der Waals surface area contributed by atoms with Gasteiger partial charge in [-0.15, -0.1) is 0 Å². The molecule has 2 rings (SSSR count). The molecule has 1 aliphatic rings. The van der Waals surface area contributed by atoms with Gasteiger partial charge in [0, 0.05) is 5.92 Å². The van der Waals surface area contributed by atoms with E-state index in [-0.39, 0.29) is 11.3 Å². The summed E-state index contributed by atoms with van der Waals surface area (Å²) in [5, 5.41) is 9.01. The minimum Gasteiger partial charge on any atom is -0.478 e. The SMILES string of the molecule is C[C@@H]1CC[C@@H](C(C)(C)c2ccccc2)[C@](C)(OC(=O)C(C)(F)C(=O)O)C1. The summed E-state index contributed by atoms with van der Waals surface area (Å²) >= 11 is 0. The molecule has 0 heterocycles. The number of carbonyl (C=O) groups excluding carboxylic acids is 1. The summed E-state index contributed by atoms with van der Waals surface area (Å²) in [5.41, 5.74) is -3.18. The van der Waals surface area contributed by atoms with Crippen LogP contribution in [0.1, 0.15) is 59.4 Å². The Morgan fingerprint density at radius 1 is 1.19 bits per heavy atom. The average molecular weight is 364 g/mol. The average Bonchev–Trinajstić information content (AvgIpc) is 2.54. The topological polar surface area (TPSA) is 63.6 Å². The summed E-state index contributed by atoms with van der Waals surface area (Å²) in [5.74, 6) is -2.89. The van der Waals surface area contributed by atoms with Crippen LogP contribution in [0, 0.1) is 11.8 Å². The third-order valence-electron chi connectivity index (χ3n) is 5.94. The molecule has 144 valence electrons. The zero-order valence-corrected chi connectivity index (χ0v) is 16.2. The minimum atomic E-state index is -3.05. The molecule has 1 saturated carbocycles. The van der Waals surface area contributed by atoms with E-state index < -0.39 is 23.2 Å². The molecular weight excluding hydrogens is 335 g/mol. The maximum atomic E-state index is 14.3. The van der Waals surface area contributed by atoms with Crippen molar-refractivity contribution in [2.45, 2.75) is 70.6 Å². The molecule has 4 nitrogen and oxygen atoms in total. The van der Waals surface area contributed by atoms with Crippen LogP contribution in [0.15, 0.2) is 30.3 Å². The molecule has 0 aliphatic heterocycles. The second kappa shape index (κ2) is 7.01. The number of ether oxygens (including phenoxy) is 1. The van der Waals surface area contributed by atoms with Crippen molar-refractivity contribution in [2.24, 2.45) is 11.8 Å². The highest BCUT2D eigenvalue weighted by Gasteiger charge is 2.53. The molecule has 0 radical (unpaired) electrons. The van der Waals surface area contributed by atoms with Crippen molar-refractivity contribution < 1.29 is 23.8 Å². The van der Waals surface area contributed by atoms with Gasteiger partial charge in [0.25, 0.3) is 5.67 Å². The molecule has 0 spiro atoms. The number of rotatable bonds is 5. The molecule has 5 heteroatoms. The van der Waals surface area contributed by atoms with Gasteiger partial charge < -0.3 is 9.84 Å². The van der Waals surface area contributed by atoms with E-state index in [0.717, 1.165) is 25.3 Å². The highest BCUT2D eigenvalue weighted by molar-refractivity contribution is 6.02. The van der Waals surface area contributed by atoms with Gasteiger partial charge in [0.15, 0.2) is 0 Å². The van der Waals surface area contributed by atoms with E-state index >= 15 is 0 Å². The molecule has 1 fully saturated rings. The Bertz CT molecular complexity index is 668. The van der Waals surface area contributed by atoms with Crippen molar-refractivity contribution >= 4 is 11.9 Å². The van der Waals surface area contributed by atoms with Gasteiger partial charge in [-0.1, -0.05) is 57.5 Å². The van der Waals surface area contributed by atoms with E-state index in [2.05, 4.69) is 20.8 Å². The Morgan fingerprint density at radius 3 is 2.31 bits per heavy atom. The molecule has 1 aromatic carbocycles. The molecule has 4 atom stereocenters. The smallest absolute Gasteiger partial charge is 0.356 e. The molecule has 26 heavy (non-hydrogen) atoms.